The summed E-state index contributed by atoms with van der Waals surface area (Å²) in [5.41, 5.74) is 11.7. The molecule has 0 spiro atoms. The summed E-state index contributed by atoms with van der Waals surface area (Å²) in [6.07, 6.45) is 9.68. The fourth-order valence-corrected chi connectivity index (χ4v) is 4.19. The van der Waals surface area contributed by atoms with Gasteiger partial charge in [0, 0.05) is 0 Å². The topological polar surface area (TPSA) is 0 Å². The summed E-state index contributed by atoms with van der Waals surface area (Å²) in [5.74, 6) is 0. The molecule has 3 aromatic carbocycles. The summed E-state index contributed by atoms with van der Waals surface area (Å²) >= 11 is 0. The number of allylic oxidation sites excluding steroid dienone is 2. The summed E-state index contributed by atoms with van der Waals surface area (Å²) in [5, 5.41) is 2.71. The smallest absolute Gasteiger partial charge is 0.358 e. The second-order valence-electron chi connectivity index (χ2n) is 8.27. The van der Waals surface area contributed by atoms with Gasteiger partial charge in [-0.15, -0.1) is 18.1 Å². The molecule has 1 heteroatoms. The van der Waals surface area contributed by atoms with Gasteiger partial charge in [-0.05, 0) is 10.8 Å². The first kappa shape index (κ1) is 29.7. The van der Waals surface area contributed by atoms with Crippen molar-refractivity contribution in [3.05, 3.63) is 96.3 Å². The van der Waals surface area contributed by atoms with Gasteiger partial charge < -0.3 is 14.9 Å². The molecule has 1 aliphatic rings. The molecule has 0 heterocycles. The average Bonchev–Trinajstić information content (AvgIpc) is 3.18. The number of unbranched alkanes of at least 4 members (excludes halogenated alkanes) is 2. The van der Waals surface area contributed by atoms with Crippen LogP contribution in [-0.2, 0) is 32.3 Å². The minimum atomic E-state index is 0. The van der Waals surface area contributed by atoms with Crippen LogP contribution >= 0.6 is 0 Å². The second kappa shape index (κ2) is 13.3. The fraction of sp³-hybridized carbons (Fsp3) is 0.367. The first-order valence-corrected chi connectivity index (χ1v) is 10.7. The van der Waals surface area contributed by atoms with Crippen LogP contribution in [0.25, 0.3) is 16.3 Å². The van der Waals surface area contributed by atoms with Crippen molar-refractivity contribution < 1.29 is 25.8 Å². The first-order chi connectivity index (χ1) is 13.4. The molecule has 0 fully saturated rings. The molecule has 0 saturated heterocycles. The van der Waals surface area contributed by atoms with E-state index in [-0.39, 0.29) is 40.7 Å². The predicted octanol–water partition coefficient (Wildman–Crippen LogP) is 9.01. The molecule has 0 aromatic heterocycles. The van der Waals surface area contributed by atoms with Gasteiger partial charge in [-0.1, -0.05) is 97.6 Å². The third-order valence-corrected chi connectivity index (χ3v) is 6.63. The van der Waals surface area contributed by atoms with Gasteiger partial charge in [0.25, 0.3) is 0 Å². The van der Waals surface area contributed by atoms with Crippen LogP contribution in [0.3, 0.4) is 0 Å². The van der Waals surface area contributed by atoms with Gasteiger partial charge in [0.05, 0.1) is 0 Å². The maximum atomic E-state index is 3.57. The number of rotatable bonds is 4. The fourth-order valence-electron chi connectivity index (χ4n) is 4.19. The zero-order valence-corrected chi connectivity index (χ0v) is 24.6. The van der Waals surface area contributed by atoms with Crippen LogP contribution in [0.5, 0.6) is 0 Å². The van der Waals surface area contributed by atoms with Gasteiger partial charge in [-0.3, -0.25) is 6.08 Å². The molecule has 1 aliphatic carbocycles. The molecular weight excluding hydrogens is 539 g/mol. The third-order valence-electron chi connectivity index (χ3n) is 6.63. The van der Waals surface area contributed by atoms with Gasteiger partial charge in [-0.25, -0.2) is 5.57 Å². The van der Waals surface area contributed by atoms with E-state index in [1.807, 2.05) is 0 Å². The van der Waals surface area contributed by atoms with Crippen molar-refractivity contribution in [1.29, 1.82) is 0 Å². The van der Waals surface area contributed by atoms with Crippen LogP contribution in [0.2, 0.25) is 0 Å². The van der Waals surface area contributed by atoms with Crippen LogP contribution in [0.1, 0.15) is 71.6 Å². The number of fused-ring (bicyclic) bond motifs is 2. The minimum Gasteiger partial charge on any atom is -0.358 e. The molecule has 0 nitrogen and oxygen atoms in total. The van der Waals surface area contributed by atoms with E-state index in [4.69, 9.17) is 0 Å². The van der Waals surface area contributed by atoms with E-state index < -0.39 is 0 Å². The molecular formula is C30H40Hf. The largest absolute Gasteiger partial charge is 4.00 e. The van der Waals surface area contributed by atoms with E-state index in [1.54, 1.807) is 0 Å². The molecule has 4 rings (SSSR count). The Balaban J connectivity index is 0.000000604. The molecule has 3 aromatic rings. The minimum absolute atomic E-state index is 0. The van der Waals surface area contributed by atoms with Crippen molar-refractivity contribution >= 4 is 16.3 Å². The predicted molar refractivity (Wildman–Crippen MR) is 137 cm³/mol. The molecule has 0 amide bonds. The number of benzene rings is 2. The standard InChI is InChI=1S/C18H19.C10H15.2CH3.Hf/c1-2-3-4-7-14-10-11-17-12-15-8-5-6-9-16(15)13-18(14)17;1-6-7(2)9(4)10(5)8(6)3;;;/h5-6,8-9,12-13H,2-4,7,11H2,1H3;1-5H3;2*1H3;/q4*-1;+4. The van der Waals surface area contributed by atoms with E-state index in [0.29, 0.717) is 0 Å². The molecule has 31 heavy (non-hydrogen) atoms. The monoisotopic (exact) mass is 580 g/mol. The van der Waals surface area contributed by atoms with Crippen molar-refractivity contribution in [2.24, 2.45) is 0 Å². The molecule has 0 bridgehead atoms. The summed E-state index contributed by atoms with van der Waals surface area (Å²) in [6, 6.07) is 13.3. The molecule has 0 N–H and O–H groups in total. The Morgan fingerprint density at radius 1 is 0.871 bits per heavy atom. The summed E-state index contributed by atoms with van der Waals surface area (Å²) in [4.78, 5) is 0. The van der Waals surface area contributed by atoms with Gasteiger partial charge in [0.15, 0.2) is 0 Å². The molecule has 164 valence electrons. The maximum Gasteiger partial charge on any atom is 4.00 e. The van der Waals surface area contributed by atoms with Gasteiger partial charge >= 0.3 is 25.8 Å². The Morgan fingerprint density at radius 2 is 1.42 bits per heavy atom. The van der Waals surface area contributed by atoms with E-state index in [0.717, 1.165) is 6.42 Å². The Bertz CT molecular complexity index is 921. The summed E-state index contributed by atoms with van der Waals surface area (Å²) in [6.45, 7) is 13.3. The van der Waals surface area contributed by atoms with Crippen molar-refractivity contribution in [2.45, 2.75) is 73.6 Å². The van der Waals surface area contributed by atoms with E-state index in [2.05, 4.69) is 84.0 Å². The normalized spacial score (nSPS) is 11.4. The zero-order valence-electron chi connectivity index (χ0n) is 21.0. The zero-order chi connectivity index (χ0) is 20.3. The molecule has 0 radical (unpaired) electrons. The Hall–Kier alpha value is -1.34. The molecule has 0 unspecified atom stereocenters. The van der Waals surface area contributed by atoms with Gasteiger partial charge in [0.2, 0.25) is 0 Å². The van der Waals surface area contributed by atoms with E-state index in [1.165, 1.54) is 81.0 Å². The van der Waals surface area contributed by atoms with Crippen molar-refractivity contribution in [1.82, 2.24) is 0 Å². The Kier molecular flexibility index (Phi) is 12.7. The quantitative estimate of drug-likeness (QED) is 0.165. The van der Waals surface area contributed by atoms with Gasteiger partial charge in [-0.2, -0.15) is 33.4 Å². The van der Waals surface area contributed by atoms with Crippen molar-refractivity contribution in [2.75, 3.05) is 0 Å². The van der Waals surface area contributed by atoms with Crippen LogP contribution in [-0.4, -0.2) is 0 Å². The second-order valence-corrected chi connectivity index (χ2v) is 8.27. The summed E-state index contributed by atoms with van der Waals surface area (Å²) < 4.78 is 0. The number of hydrogen-bond acceptors (Lipinski definition) is 0. The molecule has 0 atom stereocenters. The summed E-state index contributed by atoms with van der Waals surface area (Å²) in [7, 11) is 0. The third kappa shape index (κ3) is 6.58. The molecule has 0 saturated carbocycles. The van der Waals surface area contributed by atoms with Crippen molar-refractivity contribution in [3.63, 3.8) is 0 Å². The van der Waals surface area contributed by atoms with Crippen LogP contribution in [0.4, 0.5) is 0 Å². The average molecular weight is 579 g/mol. The van der Waals surface area contributed by atoms with Crippen LogP contribution in [0, 0.1) is 55.5 Å². The van der Waals surface area contributed by atoms with Crippen molar-refractivity contribution in [3.8, 4) is 0 Å². The van der Waals surface area contributed by atoms with Crippen LogP contribution < -0.4 is 0 Å². The first-order valence-electron chi connectivity index (χ1n) is 10.7. The SMILES string of the molecule is CCCCCC1=[C-]Cc2cc3ccccc3cc21.Cc1c(C)c(C)[c-](C)c1C.[CH3-].[CH3-].[Hf+4]. The maximum absolute atomic E-state index is 3.57. The Morgan fingerprint density at radius 3 is 1.90 bits per heavy atom. The molecule has 0 aliphatic heterocycles. The van der Waals surface area contributed by atoms with E-state index in [9.17, 15) is 0 Å². The Labute approximate surface area is 211 Å². The number of hydrogen-bond donors (Lipinski definition) is 0. The van der Waals surface area contributed by atoms with Crippen LogP contribution in [0.15, 0.2) is 36.4 Å². The van der Waals surface area contributed by atoms with E-state index >= 15 is 0 Å². The van der Waals surface area contributed by atoms with Gasteiger partial charge in [0.1, 0.15) is 0 Å².